The quantitative estimate of drug-likeness (QED) is 0.197. The minimum Gasteiger partial charge on any atom is -0.311 e. The fraction of sp³-hybridized carbons (Fsp3) is 0. The van der Waals surface area contributed by atoms with Crippen molar-refractivity contribution in [3.8, 4) is 45.0 Å². The third kappa shape index (κ3) is 5.67. The predicted octanol–water partition coefficient (Wildman–Crippen LogP) is 10.0. The summed E-state index contributed by atoms with van der Waals surface area (Å²) in [5.41, 5.74) is 11.2. The van der Waals surface area contributed by atoms with Crippen LogP contribution in [0.3, 0.4) is 0 Å². The maximum atomic E-state index is 4.90. The van der Waals surface area contributed by atoms with E-state index in [4.69, 9.17) is 4.98 Å². The molecule has 3 aromatic heterocycles. The number of hydrogen-bond acceptors (Lipinski definition) is 4. The van der Waals surface area contributed by atoms with Gasteiger partial charge in [-0.25, -0.2) is 4.98 Å². The summed E-state index contributed by atoms with van der Waals surface area (Å²) in [6, 6.07) is 54.3. The van der Waals surface area contributed by atoms with Gasteiger partial charge in [0.05, 0.1) is 22.8 Å². The molecule has 4 heteroatoms. The van der Waals surface area contributed by atoms with Gasteiger partial charge in [-0.2, -0.15) is 0 Å². The van der Waals surface area contributed by atoms with E-state index in [-0.39, 0.29) is 0 Å². The van der Waals surface area contributed by atoms with Gasteiger partial charge in [0.25, 0.3) is 0 Å². The monoisotopic (exact) mass is 552 g/mol. The summed E-state index contributed by atoms with van der Waals surface area (Å²) in [6.07, 6.45) is 3.59. The summed E-state index contributed by atoms with van der Waals surface area (Å²) in [5, 5.41) is 0. The Balaban J connectivity index is 1.21. The van der Waals surface area contributed by atoms with Gasteiger partial charge < -0.3 is 4.90 Å². The Labute approximate surface area is 251 Å². The standard InChI is InChI=1S/C39H28N4/c1-3-11-33(12-4-1)43(34-13-5-2-6-14-34)35-23-21-30(22-24-35)29-17-19-31(20-18-29)32-27-38(36-15-7-9-25-40-36)42-39(28-32)37-16-8-10-26-41-37/h1-28H. The smallest absolute Gasteiger partial charge is 0.0900 e. The van der Waals surface area contributed by atoms with Gasteiger partial charge in [-0.15, -0.1) is 0 Å². The highest BCUT2D eigenvalue weighted by atomic mass is 15.1. The summed E-state index contributed by atoms with van der Waals surface area (Å²) in [5.74, 6) is 0. The molecule has 0 amide bonds. The molecule has 0 aliphatic rings. The minimum absolute atomic E-state index is 0.819. The van der Waals surface area contributed by atoms with Crippen LogP contribution in [0, 0.1) is 0 Å². The lowest BCUT2D eigenvalue weighted by Gasteiger charge is -2.25. The molecular weight excluding hydrogens is 524 g/mol. The van der Waals surface area contributed by atoms with Crippen molar-refractivity contribution in [2.45, 2.75) is 0 Å². The lowest BCUT2D eigenvalue weighted by Crippen LogP contribution is -2.09. The summed E-state index contributed by atoms with van der Waals surface area (Å²) in [4.78, 5) is 16.3. The van der Waals surface area contributed by atoms with Crippen LogP contribution in [-0.4, -0.2) is 15.0 Å². The Hall–Kier alpha value is -5.87. The van der Waals surface area contributed by atoms with Gasteiger partial charge in [-0.1, -0.05) is 84.9 Å². The van der Waals surface area contributed by atoms with E-state index in [1.165, 1.54) is 0 Å². The maximum absolute atomic E-state index is 4.90. The van der Waals surface area contributed by atoms with Crippen molar-refractivity contribution in [2.24, 2.45) is 0 Å². The van der Waals surface area contributed by atoms with Crippen LogP contribution in [0.2, 0.25) is 0 Å². The van der Waals surface area contributed by atoms with Gasteiger partial charge >= 0.3 is 0 Å². The van der Waals surface area contributed by atoms with Crippen molar-refractivity contribution in [3.63, 3.8) is 0 Å². The van der Waals surface area contributed by atoms with Gasteiger partial charge in [-0.05, 0) is 95.1 Å². The summed E-state index contributed by atoms with van der Waals surface area (Å²) in [7, 11) is 0. The first kappa shape index (κ1) is 26.1. The molecule has 0 radical (unpaired) electrons. The van der Waals surface area contributed by atoms with Crippen LogP contribution in [0.25, 0.3) is 45.0 Å². The zero-order chi connectivity index (χ0) is 28.8. The van der Waals surface area contributed by atoms with Crippen molar-refractivity contribution in [2.75, 3.05) is 4.90 Å². The van der Waals surface area contributed by atoms with E-state index in [1.807, 2.05) is 48.5 Å². The second-order valence-electron chi connectivity index (χ2n) is 10.2. The first-order valence-electron chi connectivity index (χ1n) is 14.3. The van der Waals surface area contributed by atoms with E-state index in [9.17, 15) is 0 Å². The van der Waals surface area contributed by atoms with Crippen molar-refractivity contribution < 1.29 is 0 Å². The normalized spacial score (nSPS) is 10.8. The van der Waals surface area contributed by atoms with Crippen molar-refractivity contribution in [3.05, 3.63) is 170 Å². The number of rotatable bonds is 7. The third-order valence-corrected chi connectivity index (χ3v) is 7.39. The van der Waals surface area contributed by atoms with Crippen molar-refractivity contribution in [1.82, 2.24) is 15.0 Å². The molecule has 0 fully saturated rings. The largest absolute Gasteiger partial charge is 0.311 e. The molecule has 3 heterocycles. The second-order valence-corrected chi connectivity index (χ2v) is 10.2. The highest BCUT2D eigenvalue weighted by Gasteiger charge is 2.13. The second kappa shape index (κ2) is 11.9. The maximum Gasteiger partial charge on any atom is 0.0900 e. The zero-order valence-electron chi connectivity index (χ0n) is 23.5. The SMILES string of the molecule is c1ccc(N(c2ccccc2)c2ccc(-c3ccc(-c4cc(-c5ccccn5)nc(-c5ccccn5)c4)cc3)cc2)cc1. The number of pyridine rings is 3. The molecule has 0 N–H and O–H groups in total. The van der Waals surface area contributed by atoms with E-state index in [0.29, 0.717) is 0 Å². The fourth-order valence-corrected chi connectivity index (χ4v) is 5.25. The van der Waals surface area contributed by atoms with E-state index in [1.54, 1.807) is 12.4 Å². The van der Waals surface area contributed by atoms with Crippen LogP contribution in [0.5, 0.6) is 0 Å². The summed E-state index contributed by atoms with van der Waals surface area (Å²) >= 11 is 0. The molecule has 0 saturated heterocycles. The van der Waals surface area contributed by atoms with Crippen LogP contribution in [0.4, 0.5) is 17.1 Å². The Morgan fingerprint density at radius 3 is 1.16 bits per heavy atom. The molecule has 0 unspecified atom stereocenters. The summed E-state index contributed by atoms with van der Waals surface area (Å²) < 4.78 is 0. The van der Waals surface area contributed by atoms with E-state index in [0.717, 1.165) is 62.1 Å². The molecule has 4 aromatic carbocycles. The first-order chi connectivity index (χ1) is 21.3. The number of nitrogens with zero attached hydrogens (tertiary/aromatic N) is 4. The minimum atomic E-state index is 0.819. The Bertz CT molecular complexity index is 1830. The summed E-state index contributed by atoms with van der Waals surface area (Å²) in [6.45, 7) is 0. The number of hydrogen-bond donors (Lipinski definition) is 0. The predicted molar refractivity (Wildman–Crippen MR) is 176 cm³/mol. The van der Waals surface area contributed by atoms with Crippen LogP contribution in [0.1, 0.15) is 0 Å². The number of benzene rings is 4. The lowest BCUT2D eigenvalue weighted by molar-refractivity contribution is 1.22. The average molecular weight is 553 g/mol. The number of anilines is 3. The highest BCUT2D eigenvalue weighted by Crippen LogP contribution is 2.36. The van der Waals surface area contributed by atoms with Crippen LogP contribution < -0.4 is 4.90 Å². The zero-order valence-corrected chi connectivity index (χ0v) is 23.5. The number of aromatic nitrogens is 3. The van der Waals surface area contributed by atoms with Crippen LogP contribution in [0.15, 0.2) is 170 Å². The molecule has 0 aliphatic heterocycles. The third-order valence-electron chi connectivity index (χ3n) is 7.39. The molecule has 0 bridgehead atoms. The van der Waals surface area contributed by atoms with Gasteiger partial charge in [-0.3, -0.25) is 9.97 Å². The average Bonchev–Trinajstić information content (AvgIpc) is 3.10. The molecule has 43 heavy (non-hydrogen) atoms. The van der Waals surface area contributed by atoms with E-state index in [2.05, 4.69) is 124 Å². The molecule has 0 aliphatic carbocycles. The Kier molecular flexibility index (Phi) is 7.23. The molecule has 0 spiro atoms. The lowest BCUT2D eigenvalue weighted by atomic mass is 9.98. The van der Waals surface area contributed by atoms with E-state index >= 15 is 0 Å². The molecule has 7 rings (SSSR count). The van der Waals surface area contributed by atoms with Gasteiger partial charge in [0.15, 0.2) is 0 Å². The molecule has 204 valence electrons. The van der Waals surface area contributed by atoms with Gasteiger partial charge in [0.2, 0.25) is 0 Å². The van der Waals surface area contributed by atoms with Crippen molar-refractivity contribution >= 4 is 17.1 Å². The molecule has 0 saturated carbocycles. The van der Waals surface area contributed by atoms with Crippen molar-refractivity contribution in [1.29, 1.82) is 0 Å². The topological polar surface area (TPSA) is 41.9 Å². The van der Waals surface area contributed by atoms with Crippen LogP contribution >= 0.6 is 0 Å². The highest BCUT2D eigenvalue weighted by molar-refractivity contribution is 5.80. The number of para-hydroxylation sites is 2. The van der Waals surface area contributed by atoms with Gasteiger partial charge in [0, 0.05) is 29.5 Å². The first-order valence-corrected chi connectivity index (χ1v) is 14.3. The molecule has 7 aromatic rings. The van der Waals surface area contributed by atoms with E-state index < -0.39 is 0 Å². The Morgan fingerprint density at radius 1 is 0.326 bits per heavy atom. The molecule has 0 atom stereocenters. The van der Waals surface area contributed by atoms with Crippen LogP contribution in [-0.2, 0) is 0 Å². The molecule has 4 nitrogen and oxygen atoms in total. The fourth-order valence-electron chi connectivity index (χ4n) is 5.25. The Morgan fingerprint density at radius 2 is 0.721 bits per heavy atom. The van der Waals surface area contributed by atoms with Gasteiger partial charge in [0.1, 0.15) is 0 Å². The molecular formula is C39H28N4.